The summed E-state index contributed by atoms with van der Waals surface area (Å²) < 4.78 is 11.6. The van der Waals surface area contributed by atoms with Crippen molar-refractivity contribution in [3.63, 3.8) is 0 Å². The van der Waals surface area contributed by atoms with Gasteiger partial charge in [0.2, 0.25) is 0 Å². The average Bonchev–Trinajstić information content (AvgIpc) is 3.23. The first-order valence-corrected chi connectivity index (χ1v) is 8.10. The van der Waals surface area contributed by atoms with Crippen molar-refractivity contribution in [1.29, 1.82) is 10.5 Å². The van der Waals surface area contributed by atoms with Crippen LogP contribution in [0.1, 0.15) is 29.1 Å². The van der Waals surface area contributed by atoms with Crippen LogP contribution in [0.15, 0.2) is 57.4 Å². The van der Waals surface area contributed by atoms with E-state index in [4.69, 9.17) is 19.4 Å². The van der Waals surface area contributed by atoms with Gasteiger partial charge in [0.15, 0.2) is 0 Å². The van der Waals surface area contributed by atoms with Crippen LogP contribution in [0.3, 0.4) is 0 Å². The standard InChI is InChI=1S/C21H14N2O2/c22-12-14-4-6-16-10-18(24-20(16)8-14)2-1-3-19-11-17-7-5-15(13-23)9-21(17)25-19/h4-11H,1-3H2. The summed E-state index contributed by atoms with van der Waals surface area (Å²) in [6.07, 6.45) is 2.50. The van der Waals surface area contributed by atoms with Gasteiger partial charge in [0.25, 0.3) is 0 Å². The van der Waals surface area contributed by atoms with Crippen LogP contribution < -0.4 is 0 Å². The molecule has 4 nitrogen and oxygen atoms in total. The highest BCUT2D eigenvalue weighted by Gasteiger charge is 2.08. The van der Waals surface area contributed by atoms with Crippen molar-refractivity contribution in [2.24, 2.45) is 0 Å². The minimum Gasteiger partial charge on any atom is -0.461 e. The molecule has 0 unspecified atom stereocenters. The minimum absolute atomic E-state index is 0.604. The third-order valence-electron chi connectivity index (χ3n) is 4.25. The molecule has 0 atom stereocenters. The van der Waals surface area contributed by atoms with Crippen LogP contribution in [-0.4, -0.2) is 0 Å². The second-order valence-electron chi connectivity index (χ2n) is 6.01. The van der Waals surface area contributed by atoms with E-state index in [0.717, 1.165) is 52.7 Å². The fourth-order valence-electron chi connectivity index (χ4n) is 2.99. The molecule has 2 aromatic carbocycles. The molecule has 0 spiro atoms. The Bertz CT molecular complexity index is 1060. The maximum atomic E-state index is 8.94. The van der Waals surface area contributed by atoms with Crippen molar-refractivity contribution in [2.45, 2.75) is 19.3 Å². The first-order chi connectivity index (χ1) is 12.2. The maximum absolute atomic E-state index is 8.94. The van der Waals surface area contributed by atoms with Crippen LogP contribution in [0, 0.1) is 22.7 Å². The number of rotatable bonds is 4. The van der Waals surface area contributed by atoms with Gasteiger partial charge in [0, 0.05) is 23.6 Å². The van der Waals surface area contributed by atoms with Crippen LogP contribution in [-0.2, 0) is 12.8 Å². The van der Waals surface area contributed by atoms with Gasteiger partial charge in [-0.15, -0.1) is 0 Å². The Morgan fingerprint density at radius 3 is 1.60 bits per heavy atom. The predicted molar refractivity (Wildman–Crippen MR) is 93.9 cm³/mol. The molecule has 0 aliphatic heterocycles. The van der Waals surface area contributed by atoms with Crippen LogP contribution >= 0.6 is 0 Å². The summed E-state index contributed by atoms with van der Waals surface area (Å²) in [4.78, 5) is 0. The lowest BCUT2D eigenvalue weighted by Crippen LogP contribution is -1.86. The summed E-state index contributed by atoms with van der Waals surface area (Å²) in [5.74, 6) is 1.82. The number of aryl methyl sites for hydroxylation is 2. The van der Waals surface area contributed by atoms with Gasteiger partial charge in [-0.2, -0.15) is 10.5 Å². The van der Waals surface area contributed by atoms with Gasteiger partial charge < -0.3 is 8.83 Å². The number of benzene rings is 2. The zero-order chi connectivity index (χ0) is 17.2. The number of nitrogens with zero attached hydrogens (tertiary/aromatic N) is 2. The Morgan fingerprint density at radius 1 is 0.680 bits per heavy atom. The number of furan rings is 2. The van der Waals surface area contributed by atoms with Crippen molar-refractivity contribution in [2.75, 3.05) is 0 Å². The van der Waals surface area contributed by atoms with E-state index in [-0.39, 0.29) is 0 Å². The normalized spacial score (nSPS) is 10.8. The first kappa shape index (κ1) is 15.1. The van der Waals surface area contributed by atoms with Gasteiger partial charge in [0.05, 0.1) is 23.3 Å². The topological polar surface area (TPSA) is 73.9 Å². The molecule has 0 N–H and O–H groups in total. The van der Waals surface area contributed by atoms with E-state index >= 15 is 0 Å². The molecule has 0 fully saturated rings. The Morgan fingerprint density at radius 2 is 1.16 bits per heavy atom. The fourth-order valence-corrected chi connectivity index (χ4v) is 2.99. The van der Waals surface area contributed by atoms with E-state index in [0.29, 0.717) is 11.1 Å². The molecule has 0 saturated carbocycles. The van der Waals surface area contributed by atoms with E-state index in [9.17, 15) is 0 Å². The molecule has 4 rings (SSSR count). The minimum atomic E-state index is 0.604. The Balaban J connectivity index is 1.45. The quantitative estimate of drug-likeness (QED) is 0.523. The lowest BCUT2D eigenvalue weighted by Gasteiger charge is -1.95. The van der Waals surface area contributed by atoms with Gasteiger partial charge >= 0.3 is 0 Å². The van der Waals surface area contributed by atoms with Crippen molar-refractivity contribution in [1.82, 2.24) is 0 Å². The van der Waals surface area contributed by atoms with Gasteiger partial charge in [-0.25, -0.2) is 0 Å². The molecule has 0 bridgehead atoms. The molecular formula is C21H14N2O2. The van der Waals surface area contributed by atoms with Crippen molar-refractivity contribution < 1.29 is 8.83 Å². The molecule has 120 valence electrons. The molecular weight excluding hydrogens is 312 g/mol. The zero-order valence-electron chi connectivity index (χ0n) is 13.5. The molecule has 0 amide bonds. The predicted octanol–water partition coefficient (Wildman–Crippen LogP) is 5.10. The average molecular weight is 326 g/mol. The molecule has 0 saturated heterocycles. The zero-order valence-corrected chi connectivity index (χ0v) is 13.5. The van der Waals surface area contributed by atoms with E-state index < -0.39 is 0 Å². The fraction of sp³-hybridized carbons (Fsp3) is 0.143. The number of nitriles is 2. The summed E-state index contributed by atoms with van der Waals surface area (Å²) in [5, 5.41) is 19.9. The third kappa shape index (κ3) is 2.98. The summed E-state index contributed by atoms with van der Waals surface area (Å²) in [6.45, 7) is 0. The van der Waals surface area contributed by atoms with Gasteiger partial charge in [-0.3, -0.25) is 0 Å². The van der Waals surface area contributed by atoms with Gasteiger partial charge in [0.1, 0.15) is 22.7 Å². The monoisotopic (exact) mass is 326 g/mol. The lowest BCUT2D eigenvalue weighted by molar-refractivity contribution is 0.510. The van der Waals surface area contributed by atoms with Crippen molar-refractivity contribution in [3.8, 4) is 12.1 Å². The molecule has 0 aliphatic rings. The first-order valence-electron chi connectivity index (χ1n) is 8.10. The number of hydrogen-bond acceptors (Lipinski definition) is 4. The van der Waals surface area contributed by atoms with Crippen molar-refractivity contribution in [3.05, 3.63) is 71.2 Å². The SMILES string of the molecule is N#Cc1ccc2cc(CCCc3cc4ccc(C#N)cc4o3)oc2c1. The van der Waals surface area contributed by atoms with Crippen LogP contribution in [0.5, 0.6) is 0 Å². The van der Waals surface area contributed by atoms with E-state index in [1.807, 2.05) is 24.3 Å². The molecule has 25 heavy (non-hydrogen) atoms. The lowest BCUT2D eigenvalue weighted by atomic mass is 10.1. The summed E-state index contributed by atoms with van der Waals surface area (Å²) in [6, 6.07) is 19.2. The summed E-state index contributed by atoms with van der Waals surface area (Å²) in [5.41, 5.74) is 2.71. The van der Waals surface area contributed by atoms with Crippen molar-refractivity contribution >= 4 is 21.9 Å². The second kappa shape index (κ2) is 6.19. The summed E-state index contributed by atoms with van der Waals surface area (Å²) in [7, 11) is 0. The molecule has 4 heteroatoms. The highest BCUT2D eigenvalue weighted by atomic mass is 16.3. The molecule has 2 aromatic heterocycles. The molecule has 4 aromatic rings. The summed E-state index contributed by atoms with van der Waals surface area (Å²) >= 11 is 0. The smallest absolute Gasteiger partial charge is 0.135 e. The van der Waals surface area contributed by atoms with E-state index in [1.165, 1.54) is 0 Å². The third-order valence-corrected chi connectivity index (χ3v) is 4.25. The van der Waals surface area contributed by atoms with Gasteiger partial charge in [-0.1, -0.05) is 0 Å². The van der Waals surface area contributed by atoms with E-state index in [2.05, 4.69) is 12.1 Å². The van der Waals surface area contributed by atoms with Gasteiger partial charge in [-0.05, 0) is 55.0 Å². The Labute approximate surface area is 144 Å². The maximum Gasteiger partial charge on any atom is 0.135 e. The van der Waals surface area contributed by atoms with Crippen LogP contribution in [0.25, 0.3) is 21.9 Å². The highest BCUT2D eigenvalue weighted by molar-refractivity contribution is 5.80. The van der Waals surface area contributed by atoms with Crippen LogP contribution in [0.2, 0.25) is 0 Å². The number of fused-ring (bicyclic) bond motifs is 2. The molecule has 2 heterocycles. The Kier molecular flexibility index (Phi) is 3.72. The molecule has 0 aliphatic carbocycles. The largest absolute Gasteiger partial charge is 0.461 e. The highest BCUT2D eigenvalue weighted by Crippen LogP contribution is 2.24. The van der Waals surface area contributed by atoms with E-state index in [1.54, 1.807) is 24.3 Å². The number of hydrogen-bond donors (Lipinski definition) is 0. The molecule has 0 radical (unpaired) electrons. The second-order valence-corrected chi connectivity index (χ2v) is 6.01. The Hall–Kier alpha value is -3.50. The van der Waals surface area contributed by atoms with Crippen LogP contribution in [0.4, 0.5) is 0 Å².